The Labute approximate surface area is 178 Å². The largest absolute Gasteiger partial charge is 0.465 e. The van der Waals surface area contributed by atoms with Gasteiger partial charge in [-0.3, -0.25) is 19.6 Å². The number of esters is 2. The van der Waals surface area contributed by atoms with Gasteiger partial charge in [-0.25, -0.2) is 9.59 Å². The Morgan fingerprint density at radius 2 is 1.97 bits per heavy atom. The number of hydrogen-bond donors (Lipinski definition) is 1. The van der Waals surface area contributed by atoms with Gasteiger partial charge in [0.25, 0.3) is 5.91 Å². The van der Waals surface area contributed by atoms with Crippen molar-refractivity contribution in [1.29, 1.82) is 0 Å². The van der Waals surface area contributed by atoms with Crippen LogP contribution in [-0.2, 0) is 16.0 Å². The van der Waals surface area contributed by atoms with E-state index in [4.69, 9.17) is 13.9 Å². The standard InChI is InChI=1S/C18H16N4O8S/c1-9-13(17(24)28-2)16(31-14(9)18(25)29-3)20-15(23)12-5-4-11(30-12)8-21-7-10(6-19-21)22(26)27/h4-7H,8H2,1-3H3,(H,20,23). The molecule has 0 fully saturated rings. The van der Waals surface area contributed by atoms with Crippen LogP contribution in [0.5, 0.6) is 0 Å². The number of furan rings is 1. The summed E-state index contributed by atoms with van der Waals surface area (Å²) in [5, 5.41) is 17.2. The second kappa shape index (κ2) is 8.79. The van der Waals surface area contributed by atoms with Crippen LogP contribution in [0.2, 0.25) is 0 Å². The number of anilines is 1. The van der Waals surface area contributed by atoms with Crippen molar-refractivity contribution in [1.82, 2.24) is 9.78 Å². The van der Waals surface area contributed by atoms with Crippen molar-refractivity contribution in [3.05, 3.63) is 62.2 Å². The molecule has 13 heteroatoms. The zero-order chi connectivity index (χ0) is 22.7. The van der Waals surface area contributed by atoms with Crippen LogP contribution in [0.4, 0.5) is 10.7 Å². The number of nitrogens with zero attached hydrogens (tertiary/aromatic N) is 3. The first-order valence-corrected chi connectivity index (χ1v) is 9.43. The lowest BCUT2D eigenvalue weighted by molar-refractivity contribution is -0.385. The van der Waals surface area contributed by atoms with Crippen molar-refractivity contribution in [2.45, 2.75) is 13.5 Å². The molecule has 0 aliphatic rings. The summed E-state index contributed by atoms with van der Waals surface area (Å²) in [5.74, 6) is -1.78. The molecule has 31 heavy (non-hydrogen) atoms. The number of hydrogen-bond acceptors (Lipinski definition) is 10. The van der Waals surface area contributed by atoms with E-state index in [-0.39, 0.29) is 33.4 Å². The van der Waals surface area contributed by atoms with Crippen molar-refractivity contribution in [3.8, 4) is 0 Å². The number of carbonyl (C=O) groups excluding carboxylic acids is 3. The van der Waals surface area contributed by atoms with Gasteiger partial charge in [-0.05, 0) is 24.6 Å². The van der Waals surface area contributed by atoms with Gasteiger partial charge in [-0.15, -0.1) is 11.3 Å². The third-order valence-electron chi connectivity index (χ3n) is 4.17. The van der Waals surface area contributed by atoms with Crippen LogP contribution in [0.15, 0.2) is 28.9 Å². The summed E-state index contributed by atoms with van der Waals surface area (Å²) in [6.07, 6.45) is 2.33. The van der Waals surface area contributed by atoms with E-state index in [0.29, 0.717) is 11.3 Å². The molecule has 0 radical (unpaired) electrons. The molecule has 3 aromatic heterocycles. The first-order chi connectivity index (χ1) is 14.7. The monoisotopic (exact) mass is 448 g/mol. The average molecular weight is 448 g/mol. The van der Waals surface area contributed by atoms with Gasteiger partial charge < -0.3 is 19.2 Å². The van der Waals surface area contributed by atoms with Crippen LogP contribution in [0.25, 0.3) is 0 Å². The van der Waals surface area contributed by atoms with E-state index in [1.807, 2.05) is 0 Å². The number of methoxy groups -OCH3 is 2. The minimum absolute atomic E-state index is 0.0388. The predicted molar refractivity (Wildman–Crippen MR) is 106 cm³/mol. The van der Waals surface area contributed by atoms with Crippen LogP contribution in [-0.4, -0.2) is 46.8 Å². The highest BCUT2D eigenvalue weighted by Crippen LogP contribution is 2.34. The van der Waals surface area contributed by atoms with Gasteiger partial charge >= 0.3 is 17.6 Å². The van der Waals surface area contributed by atoms with Crippen molar-refractivity contribution < 1.29 is 33.2 Å². The highest BCUT2D eigenvalue weighted by Gasteiger charge is 2.27. The maximum Gasteiger partial charge on any atom is 0.348 e. The molecule has 0 bridgehead atoms. The SMILES string of the molecule is COC(=O)c1sc(NC(=O)c2ccc(Cn3cc([N+](=O)[O-])cn3)o2)c(C(=O)OC)c1C. The van der Waals surface area contributed by atoms with E-state index in [2.05, 4.69) is 10.4 Å². The Balaban J connectivity index is 1.81. The van der Waals surface area contributed by atoms with Gasteiger partial charge in [0.1, 0.15) is 28.0 Å². The maximum absolute atomic E-state index is 12.6. The summed E-state index contributed by atoms with van der Waals surface area (Å²) in [7, 11) is 2.39. The molecule has 0 aromatic carbocycles. The lowest BCUT2D eigenvalue weighted by Crippen LogP contribution is -2.13. The normalized spacial score (nSPS) is 10.5. The number of nitrogens with one attached hydrogen (secondary N) is 1. The smallest absolute Gasteiger partial charge is 0.348 e. The molecular formula is C18H16N4O8S. The highest BCUT2D eigenvalue weighted by atomic mass is 32.1. The molecule has 3 aromatic rings. The fourth-order valence-electron chi connectivity index (χ4n) is 2.68. The molecule has 3 heterocycles. The fraction of sp³-hybridized carbons (Fsp3) is 0.222. The number of aromatic nitrogens is 2. The van der Waals surface area contributed by atoms with Gasteiger partial charge in [0.2, 0.25) is 0 Å². The van der Waals surface area contributed by atoms with Crippen molar-refractivity contribution in [2.24, 2.45) is 0 Å². The van der Waals surface area contributed by atoms with Crippen LogP contribution in [0.1, 0.15) is 41.9 Å². The van der Waals surface area contributed by atoms with E-state index in [9.17, 15) is 24.5 Å². The molecule has 0 atom stereocenters. The van der Waals surface area contributed by atoms with Crippen molar-refractivity contribution in [2.75, 3.05) is 19.5 Å². The predicted octanol–water partition coefficient (Wildman–Crippen LogP) is 2.63. The Hall–Kier alpha value is -4.00. The lowest BCUT2D eigenvalue weighted by Gasteiger charge is -2.04. The number of carbonyl (C=O) groups is 3. The highest BCUT2D eigenvalue weighted by molar-refractivity contribution is 7.18. The van der Waals surface area contributed by atoms with E-state index < -0.39 is 22.8 Å². The molecule has 162 valence electrons. The van der Waals surface area contributed by atoms with Gasteiger partial charge in [-0.1, -0.05) is 0 Å². The molecule has 12 nitrogen and oxygen atoms in total. The van der Waals surface area contributed by atoms with Gasteiger partial charge in [0.15, 0.2) is 5.76 Å². The zero-order valence-corrected chi connectivity index (χ0v) is 17.3. The molecule has 0 saturated heterocycles. The second-order valence-corrected chi connectivity index (χ2v) is 7.14. The van der Waals surface area contributed by atoms with E-state index >= 15 is 0 Å². The summed E-state index contributed by atoms with van der Waals surface area (Å²) in [6.45, 7) is 1.61. The number of nitro groups is 1. The molecule has 0 aliphatic carbocycles. The molecular weight excluding hydrogens is 432 g/mol. The van der Waals surface area contributed by atoms with Crippen molar-refractivity contribution >= 4 is 39.9 Å². The third-order valence-corrected chi connectivity index (χ3v) is 5.36. The summed E-state index contributed by atoms with van der Waals surface area (Å²) in [4.78, 5) is 47.0. The minimum Gasteiger partial charge on any atom is -0.465 e. The van der Waals surface area contributed by atoms with E-state index in [0.717, 1.165) is 17.5 Å². The number of rotatable bonds is 7. The summed E-state index contributed by atoms with van der Waals surface area (Å²) in [5.41, 5.74) is 0.186. The number of thiophene rings is 1. The van der Waals surface area contributed by atoms with E-state index in [1.54, 1.807) is 6.92 Å². The minimum atomic E-state index is -0.723. The Kier molecular flexibility index (Phi) is 6.15. The summed E-state index contributed by atoms with van der Waals surface area (Å²) in [6, 6.07) is 2.92. The average Bonchev–Trinajstić information content (AvgIpc) is 3.47. The van der Waals surface area contributed by atoms with Gasteiger partial charge in [0, 0.05) is 0 Å². The molecule has 0 unspecified atom stereocenters. The molecule has 1 N–H and O–H groups in total. The Morgan fingerprint density at radius 3 is 2.58 bits per heavy atom. The topological polar surface area (TPSA) is 156 Å². The van der Waals surface area contributed by atoms with E-state index in [1.165, 1.54) is 37.2 Å². The Bertz CT molecular complexity index is 1180. The molecule has 1 amide bonds. The summed E-state index contributed by atoms with van der Waals surface area (Å²) >= 11 is 0.873. The van der Waals surface area contributed by atoms with Gasteiger partial charge in [-0.2, -0.15) is 5.10 Å². The fourth-order valence-corrected chi connectivity index (χ4v) is 3.79. The molecule has 0 spiro atoms. The van der Waals surface area contributed by atoms with Crippen LogP contribution < -0.4 is 5.32 Å². The van der Waals surface area contributed by atoms with Crippen LogP contribution in [0.3, 0.4) is 0 Å². The maximum atomic E-state index is 12.6. The zero-order valence-electron chi connectivity index (χ0n) is 16.5. The van der Waals surface area contributed by atoms with Crippen LogP contribution >= 0.6 is 11.3 Å². The molecule has 0 aliphatic heterocycles. The molecule has 3 rings (SSSR count). The van der Waals surface area contributed by atoms with Crippen LogP contribution in [0, 0.1) is 17.0 Å². The van der Waals surface area contributed by atoms with Crippen molar-refractivity contribution in [3.63, 3.8) is 0 Å². The summed E-state index contributed by atoms with van der Waals surface area (Å²) < 4.78 is 16.2. The third kappa shape index (κ3) is 4.45. The Morgan fingerprint density at radius 1 is 1.26 bits per heavy atom. The first-order valence-electron chi connectivity index (χ1n) is 8.62. The number of amides is 1. The van der Waals surface area contributed by atoms with Gasteiger partial charge in [0.05, 0.1) is 31.3 Å². The quantitative estimate of drug-likeness (QED) is 0.326. The second-order valence-electron chi connectivity index (χ2n) is 6.12. The number of ether oxygens (including phenoxy) is 2. The lowest BCUT2D eigenvalue weighted by atomic mass is 10.1. The molecule has 0 saturated carbocycles. The first kappa shape index (κ1) is 21.7.